The second-order valence-corrected chi connectivity index (χ2v) is 6.14. The van der Waals surface area contributed by atoms with Crippen LogP contribution in [0.5, 0.6) is 0 Å². The van der Waals surface area contributed by atoms with E-state index >= 15 is 0 Å². The van der Waals surface area contributed by atoms with Crippen LogP contribution in [0.25, 0.3) is 0 Å². The van der Waals surface area contributed by atoms with E-state index in [2.05, 4.69) is 77.1 Å². The van der Waals surface area contributed by atoms with E-state index in [0.717, 1.165) is 23.9 Å². The Morgan fingerprint density at radius 2 is 1.81 bits per heavy atom. The van der Waals surface area contributed by atoms with Gasteiger partial charge in [-0.2, -0.15) is 0 Å². The Morgan fingerprint density at radius 3 is 2.43 bits per heavy atom. The first kappa shape index (κ1) is 16.1. The van der Waals surface area contributed by atoms with Crippen molar-refractivity contribution in [1.82, 2.24) is 0 Å². The van der Waals surface area contributed by atoms with Crippen LogP contribution in [0.2, 0.25) is 0 Å². The number of halogens is 1. The second-order valence-electron chi connectivity index (χ2n) is 5.23. The van der Waals surface area contributed by atoms with Crippen molar-refractivity contribution in [2.24, 2.45) is 5.73 Å². The standard InChI is InChI=1S/C18H23BrN2/c1-3-16(20)12-14-10-11-15(19)13-18(14)21(4-2)17-8-6-5-7-9-17/h5-11,13,16H,3-4,12,20H2,1-2H3. The average Bonchev–Trinajstić information content (AvgIpc) is 2.51. The summed E-state index contributed by atoms with van der Waals surface area (Å²) in [5, 5.41) is 0. The first-order chi connectivity index (χ1) is 10.2. The SMILES string of the molecule is CCC(N)Cc1ccc(Br)cc1N(CC)c1ccccc1. The van der Waals surface area contributed by atoms with Crippen LogP contribution in [0.1, 0.15) is 25.8 Å². The van der Waals surface area contributed by atoms with Crippen LogP contribution in [-0.2, 0) is 6.42 Å². The van der Waals surface area contributed by atoms with E-state index < -0.39 is 0 Å². The second kappa shape index (κ2) is 7.62. The van der Waals surface area contributed by atoms with Crippen LogP contribution in [0, 0.1) is 0 Å². The fourth-order valence-corrected chi connectivity index (χ4v) is 2.84. The fourth-order valence-electron chi connectivity index (χ4n) is 2.49. The monoisotopic (exact) mass is 346 g/mol. The van der Waals surface area contributed by atoms with Gasteiger partial charge in [0.15, 0.2) is 0 Å². The summed E-state index contributed by atoms with van der Waals surface area (Å²) in [5.41, 5.74) is 9.92. The summed E-state index contributed by atoms with van der Waals surface area (Å²) in [7, 11) is 0. The Balaban J connectivity index is 2.42. The molecule has 2 aromatic rings. The third-order valence-corrected chi connectivity index (χ3v) is 4.22. The third kappa shape index (κ3) is 4.08. The quantitative estimate of drug-likeness (QED) is 0.806. The van der Waals surface area contributed by atoms with Gasteiger partial charge < -0.3 is 10.6 Å². The summed E-state index contributed by atoms with van der Waals surface area (Å²) in [6.45, 7) is 5.24. The maximum Gasteiger partial charge on any atom is 0.0455 e. The summed E-state index contributed by atoms with van der Waals surface area (Å²) in [5.74, 6) is 0. The molecule has 21 heavy (non-hydrogen) atoms. The Kier molecular flexibility index (Phi) is 5.83. The summed E-state index contributed by atoms with van der Waals surface area (Å²) < 4.78 is 1.10. The Hall–Kier alpha value is -1.32. The van der Waals surface area contributed by atoms with Crippen molar-refractivity contribution in [3.05, 3.63) is 58.6 Å². The molecule has 2 aromatic carbocycles. The molecule has 0 aliphatic rings. The highest BCUT2D eigenvalue weighted by molar-refractivity contribution is 9.10. The molecule has 0 bridgehead atoms. The number of nitrogens with two attached hydrogens (primary N) is 1. The Labute approximate surface area is 136 Å². The van der Waals surface area contributed by atoms with Crippen molar-refractivity contribution in [2.45, 2.75) is 32.7 Å². The first-order valence-electron chi connectivity index (χ1n) is 7.52. The van der Waals surface area contributed by atoms with Gasteiger partial charge in [0.05, 0.1) is 0 Å². The molecule has 0 spiro atoms. The van der Waals surface area contributed by atoms with Crippen LogP contribution < -0.4 is 10.6 Å². The predicted molar refractivity (Wildman–Crippen MR) is 95.2 cm³/mol. The molecule has 0 saturated carbocycles. The van der Waals surface area contributed by atoms with E-state index in [4.69, 9.17) is 5.73 Å². The Bertz CT molecular complexity index is 569. The highest BCUT2D eigenvalue weighted by atomic mass is 79.9. The molecule has 0 radical (unpaired) electrons. The summed E-state index contributed by atoms with van der Waals surface area (Å²) >= 11 is 3.59. The van der Waals surface area contributed by atoms with E-state index in [0.29, 0.717) is 0 Å². The predicted octanol–water partition coefficient (Wildman–Crippen LogP) is 4.89. The van der Waals surface area contributed by atoms with Crippen molar-refractivity contribution in [1.29, 1.82) is 0 Å². The van der Waals surface area contributed by atoms with Crippen molar-refractivity contribution in [3.8, 4) is 0 Å². The number of para-hydroxylation sites is 1. The molecule has 0 fully saturated rings. The largest absolute Gasteiger partial charge is 0.342 e. The van der Waals surface area contributed by atoms with Crippen molar-refractivity contribution >= 4 is 27.3 Å². The molecule has 2 rings (SSSR count). The molecular formula is C18H23BrN2. The molecule has 0 aliphatic heterocycles. The molecule has 3 heteroatoms. The fraction of sp³-hybridized carbons (Fsp3) is 0.333. The number of benzene rings is 2. The lowest BCUT2D eigenvalue weighted by molar-refractivity contribution is 0.646. The molecule has 2 nitrogen and oxygen atoms in total. The zero-order chi connectivity index (χ0) is 15.2. The van der Waals surface area contributed by atoms with E-state index in [1.807, 2.05) is 6.07 Å². The summed E-state index contributed by atoms with van der Waals surface area (Å²) in [6.07, 6.45) is 1.90. The van der Waals surface area contributed by atoms with Gasteiger partial charge in [-0.1, -0.05) is 47.1 Å². The van der Waals surface area contributed by atoms with Crippen LogP contribution in [0.3, 0.4) is 0 Å². The number of hydrogen-bond acceptors (Lipinski definition) is 2. The van der Waals surface area contributed by atoms with Gasteiger partial charge in [-0.05, 0) is 49.6 Å². The number of anilines is 2. The highest BCUT2D eigenvalue weighted by Gasteiger charge is 2.14. The average molecular weight is 347 g/mol. The normalized spacial score (nSPS) is 12.2. The van der Waals surface area contributed by atoms with Gasteiger partial charge in [0.1, 0.15) is 0 Å². The maximum absolute atomic E-state index is 6.16. The number of hydrogen-bond donors (Lipinski definition) is 1. The molecule has 2 N–H and O–H groups in total. The van der Waals surface area contributed by atoms with Gasteiger partial charge in [0.25, 0.3) is 0 Å². The van der Waals surface area contributed by atoms with E-state index in [1.54, 1.807) is 0 Å². The van der Waals surface area contributed by atoms with Gasteiger partial charge in [-0.15, -0.1) is 0 Å². The van der Waals surface area contributed by atoms with E-state index in [9.17, 15) is 0 Å². The zero-order valence-corrected chi connectivity index (χ0v) is 14.3. The topological polar surface area (TPSA) is 29.3 Å². The Morgan fingerprint density at radius 1 is 1.10 bits per heavy atom. The minimum atomic E-state index is 0.208. The minimum absolute atomic E-state index is 0.208. The van der Waals surface area contributed by atoms with Crippen molar-refractivity contribution < 1.29 is 0 Å². The third-order valence-electron chi connectivity index (χ3n) is 3.73. The zero-order valence-electron chi connectivity index (χ0n) is 12.7. The highest BCUT2D eigenvalue weighted by Crippen LogP contribution is 2.31. The molecule has 0 amide bonds. The van der Waals surface area contributed by atoms with Gasteiger partial charge in [0.2, 0.25) is 0 Å². The molecule has 1 atom stereocenters. The molecule has 0 saturated heterocycles. The minimum Gasteiger partial charge on any atom is -0.342 e. The number of nitrogens with zero attached hydrogens (tertiary/aromatic N) is 1. The van der Waals surface area contributed by atoms with Gasteiger partial charge in [-0.25, -0.2) is 0 Å². The first-order valence-corrected chi connectivity index (χ1v) is 8.31. The maximum atomic E-state index is 6.16. The molecule has 0 aliphatic carbocycles. The van der Waals surface area contributed by atoms with E-state index in [1.165, 1.54) is 16.9 Å². The number of rotatable bonds is 6. The molecule has 0 heterocycles. The lowest BCUT2D eigenvalue weighted by Crippen LogP contribution is -2.24. The summed E-state index contributed by atoms with van der Waals surface area (Å²) in [6, 6.07) is 17.2. The van der Waals surface area contributed by atoms with Crippen LogP contribution in [0.15, 0.2) is 53.0 Å². The molecule has 112 valence electrons. The molecular weight excluding hydrogens is 324 g/mol. The van der Waals surface area contributed by atoms with Gasteiger partial charge in [-0.3, -0.25) is 0 Å². The van der Waals surface area contributed by atoms with Crippen molar-refractivity contribution in [3.63, 3.8) is 0 Å². The van der Waals surface area contributed by atoms with Crippen LogP contribution >= 0.6 is 15.9 Å². The smallest absolute Gasteiger partial charge is 0.0455 e. The molecule has 1 unspecified atom stereocenters. The van der Waals surface area contributed by atoms with Crippen molar-refractivity contribution in [2.75, 3.05) is 11.4 Å². The lowest BCUT2D eigenvalue weighted by atomic mass is 10.0. The van der Waals surface area contributed by atoms with Crippen LogP contribution in [0.4, 0.5) is 11.4 Å². The van der Waals surface area contributed by atoms with Crippen LogP contribution in [-0.4, -0.2) is 12.6 Å². The lowest BCUT2D eigenvalue weighted by Gasteiger charge is -2.27. The van der Waals surface area contributed by atoms with E-state index in [-0.39, 0.29) is 6.04 Å². The van der Waals surface area contributed by atoms with Gasteiger partial charge >= 0.3 is 0 Å². The van der Waals surface area contributed by atoms with Gasteiger partial charge in [0, 0.05) is 28.4 Å². The molecule has 0 aromatic heterocycles. The summed E-state index contributed by atoms with van der Waals surface area (Å²) in [4.78, 5) is 2.34.